The van der Waals surface area contributed by atoms with Gasteiger partial charge in [-0.05, 0) is 42.1 Å². The molecule has 0 saturated heterocycles. The van der Waals surface area contributed by atoms with Gasteiger partial charge >= 0.3 is 12.0 Å². The average Bonchev–Trinajstić information content (AvgIpc) is 2.57. The lowest BCUT2D eigenvalue weighted by Crippen LogP contribution is -2.20. The second kappa shape index (κ2) is 6.42. The van der Waals surface area contributed by atoms with Crippen LogP contribution < -0.4 is 10.6 Å². The molecule has 3 aromatic rings. The van der Waals surface area contributed by atoms with Gasteiger partial charge in [-0.3, -0.25) is 0 Å². The van der Waals surface area contributed by atoms with E-state index >= 15 is 0 Å². The van der Waals surface area contributed by atoms with Crippen LogP contribution in [0.1, 0.15) is 15.9 Å². The number of anilines is 2. The predicted octanol–water partition coefficient (Wildman–Crippen LogP) is 4.49. The highest BCUT2D eigenvalue weighted by atomic mass is 16.4. The number of hydrogen-bond acceptors (Lipinski definition) is 2. The number of carbonyl (C=O) groups is 2. The lowest BCUT2D eigenvalue weighted by Gasteiger charge is -2.12. The monoisotopic (exact) mass is 320 g/mol. The molecule has 3 aromatic carbocycles. The summed E-state index contributed by atoms with van der Waals surface area (Å²) in [7, 11) is 0. The zero-order valence-electron chi connectivity index (χ0n) is 13.0. The molecule has 3 rings (SSSR count). The summed E-state index contributed by atoms with van der Waals surface area (Å²) in [6, 6.07) is 17.7. The quantitative estimate of drug-likeness (QED) is 0.665. The average molecular weight is 320 g/mol. The van der Waals surface area contributed by atoms with Gasteiger partial charge in [-0.15, -0.1) is 0 Å². The summed E-state index contributed by atoms with van der Waals surface area (Å²) in [5.74, 6) is -0.996. The van der Waals surface area contributed by atoms with Crippen molar-refractivity contribution < 1.29 is 14.7 Å². The maximum Gasteiger partial charge on any atom is 0.335 e. The summed E-state index contributed by atoms with van der Waals surface area (Å²) >= 11 is 0. The molecule has 5 nitrogen and oxygen atoms in total. The molecule has 24 heavy (non-hydrogen) atoms. The third-order valence-electron chi connectivity index (χ3n) is 3.76. The van der Waals surface area contributed by atoms with Crippen LogP contribution in [0.5, 0.6) is 0 Å². The first kappa shape index (κ1) is 15.6. The van der Waals surface area contributed by atoms with Crippen LogP contribution in [0, 0.1) is 6.92 Å². The van der Waals surface area contributed by atoms with Crippen molar-refractivity contribution in [3.63, 3.8) is 0 Å². The van der Waals surface area contributed by atoms with E-state index in [1.54, 1.807) is 13.0 Å². The lowest BCUT2D eigenvalue weighted by atomic mass is 10.1. The van der Waals surface area contributed by atoms with E-state index in [2.05, 4.69) is 10.6 Å². The molecule has 0 spiro atoms. The molecule has 0 saturated carbocycles. The van der Waals surface area contributed by atoms with E-state index in [0.29, 0.717) is 16.9 Å². The zero-order valence-corrected chi connectivity index (χ0v) is 13.0. The van der Waals surface area contributed by atoms with Gasteiger partial charge in [0.15, 0.2) is 0 Å². The summed E-state index contributed by atoms with van der Waals surface area (Å²) in [6.45, 7) is 1.75. The van der Waals surface area contributed by atoms with Gasteiger partial charge in [0, 0.05) is 11.1 Å². The molecule has 0 aliphatic heterocycles. The van der Waals surface area contributed by atoms with Gasteiger partial charge in [0.05, 0.1) is 11.3 Å². The number of carboxylic acid groups (broad SMARTS) is 1. The first-order valence-electron chi connectivity index (χ1n) is 7.44. The van der Waals surface area contributed by atoms with E-state index in [0.717, 1.165) is 10.8 Å². The van der Waals surface area contributed by atoms with Crippen LogP contribution in [0.15, 0.2) is 60.7 Å². The topological polar surface area (TPSA) is 78.4 Å². The number of fused-ring (bicyclic) bond motifs is 1. The molecule has 0 aliphatic rings. The molecular weight excluding hydrogens is 304 g/mol. The number of aromatic carboxylic acids is 1. The van der Waals surface area contributed by atoms with Gasteiger partial charge in [0.1, 0.15) is 0 Å². The normalized spacial score (nSPS) is 10.4. The number of urea groups is 1. The van der Waals surface area contributed by atoms with Crippen molar-refractivity contribution in [3.8, 4) is 0 Å². The number of rotatable bonds is 3. The standard InChI is InChI=1S/C19H16N2O3/c1-12-11-14(18(22)23)9-10-16(12)20-19(24)21-17-8-4-6-13-5-2-3-7-15(13)17/h2-11H,1H3,(H,22,23)(H2,20,21,24). The van der Waals surface area contributed by atoms with Crippen molar-refractivity contribution in [2.75, 3.05) is 10.6 Å². The molecule has 0 atom stereocenters. The Morgan fingerprint density at radius 1 is 0.875 bits per heavy atom. The molecule has 5 heteroatoms. The SMILES string of the molecule is Cc1cc(C(=O)O)ccc1NC(=O)Nc1cccc2ccccc12. The summed E-state index contributed by atoms with van der Waals surface area (Å²) < 4.78 is 0. The fraction of sp³-hybridized carbons (Fsp3) is 0.0526. The predicted molar refractivity (Wildman–Crippen MR) is 94.7 cm³/mol. The second-order valence-electron chi connectivity index (χ2n) is 5.44. The summed E-state index contributed by atoms with van der Waals surface area (Å²) in [5, 5.41) is 16.5. The maximum absolute atomic E-state index is 12.3. The Kier molecular flexibility index (Phi) is 4.16. The molecular formula is C19H16N2O3. The van der Waals surface area contributed by atoms with E-state index in [1.807, 2.05) is 42.5 Å². The fourth-order valence-corrected chi connectivity index (χ4v) is 2.55. The van der Waals surface area contributed by atoms with Gasteiger partial charge < -0.3 is 15.7 Å². The number of benzene rings is 3. The summed E-state index contributed by atoms with van der Waals surface area (Å²) in [5.41, 5.74) is 2.15. The first-order valence-corrected chi connectivity index (χ1v) is 7.44. The molecule has 0 aliphatic carbocycles. The highest BCUT2D eigenvalue weighted by Gasteiger charge is 2.09. The Bertz CT molecular complexity index is 930. The maximum atomic E-state index is 12.3. The van der Waals surface area contributed by atoms with E-state index in [4.69, 9.17) is 5.11 Å². The van der Waals surface area contributed by atoms with Crippen molar-refractivity contribution in [2.24, 2.45) is 0 Å². The zero-order chi connectivity index (χ0) is 17.1. The Balaban J connectivity index is 1.79. The number of carbonyl (C=O) groups excluding carboxylic acids is 1. The molecule has 0 unspecified atom stereocenters. The van der Waals surface area contributed by atoms with E-state index in [-0.39, 0.29) is 11.6 Å². The number of carboxylic acids is 1. The molecule has 0 heterocycles. The van der Waals surface area contributed by atoms with E-state index in [1.165, 1.54) is 12.1 Å². The Morgan fingerprint density at radius 2 is 1.58 bits per heavy atom. The smallest absolute Gasteiger partial charge is 0.335 e. The third-order valence-corrected chi connectivity index (χ3v) is 3.76. The van der Waals surface area contributed by atoms with Crippen LogP contribution >= 0.6 is 0 Å². The minimum Gasteiger partial charge on any atom is -0.478 e. The number of amides is 2. The minimum atomic E-state index is -0.996. The lowest BCUT2D eigenvalue weighted by molar-refractivity contribution is 0.0697. The van der Waals surface area contributed by atoms with Crippen LogP contribution in [0.2, 0.25) is 0 Å². The first-order chi connectivity index (χ1) is 11.5. The van der Waals surface area contributed by atoms with Crippen LogP contribution in [-0.4, -0.2) is 17.1 Å². The molecule has 0 aromatic heterocycles. The van der Waals surface area contributed by atoms with Crippen molar-refractivity contribution in [1.29, 1.82) is 0 Å². The molecule has 0 bridgehead atoms. The minimum absolute atomic E-state index is 0.188. The van der Waals surface area contributed by atoms with Crippen LogP contribution in [0.4, 0.5) is 16.2 Å². The fourth-order valence-electron chi connectivity index (χ4n) is 2.55. The molecule has 3 N–H and O–H groups in total. The van der Waals surface area contributed by atoms with E-state index in [9.17, 15) is 9.59 Å². The van der Waals surface area contributed by atoms with Gasteiger partial charge in [0.2, 0.25) is 0 Å². The Labute approximate surface area is 138 Å². The van der Waals surface area contributed by atoms with E-state index < -0.39 is 5.97 Å². The molecule has 120 valence electrons. The number of aryl methyl sites for hydroxylation is 1. The van der Waals surface area contributed by atoms with Gasteiger partial charge in [0.25, 0.3) is 0 Å². The highest BCUT2D eigenvalue weighted by molar-refractivity contribution is 6.06. The molecule has 0 fully saturated rings. The van der Waals surface area contributed by atoms with Crippen LogP contribution in [0.25, 0.3) is 10.8 Å². The molecule has 0 radical (unpaired) electrons. The van der Waals surface area contributed by atoms with Crippen LogP contribution in [0.3, 0.4) is 0 Å². The highest BCUT2D eigenvalue weighted by Crippen LogP contribution is 2.23. The second-order valence-corrected chi connectivity index (χ2v) is 5.44. The van der Waals surface area contributed by atoms with Gasteiger partial charge in [-0.2, -0.15) is 0 Å². The summed E-state index contributed by atoms with van der Waals surface area (Å²) in [6.07, 6.45) is 0. The van der Waals surface area contributed by atoms with Crippen molar-refractivity contribution in [3.05, 3.63) is 71.8 Å². The summed E-state index contributed by atoms with van der Waals surface area (Å²) in [4.78, 5) is 23.2. The Hall–Kier alpha value is -3.34. The van der Waals surface area contributed by atoms with Crippen molar-refractivity contribution in [1.82, 2.24) is 0 Å². The van der Waals surface area contributed by atoms with Crippen molar-refractivity contribution in [2.45, 2.75) is 6.92 Å². The van der Waals surface area contributed by atoms with Gasteiger partial charge in [-0.25, -0.2) is 9.59 Å². The Morgan fingerprint density at radius 3 is 2.33 bits per heavy atom. The molecule has 2 amide bonds. The third kappa shape index (κ3) is 3.20. The largest absolute Gasteiger partial charge is 0.478 e. The number of nitrogens with one attached hydrogen (secondary N) is 2. The van der Waals surface area contributed by atoms with Gasteiger partial charge in [-0.1, -0.05) is 36.4 Å². The number of hydrogen-bond donors (Lipinski definition) is 3. The van der Waals surface area contributed by atoms with Crippen molar-refractivity contribution >= 4 is 34.1 Å². The van der Waals surface area contributed by atoms with Crippen LogP contribution in [-0.2, 0) is 0 Å².